The molecule has 0 fully saturated rings. The fraction of sp³-hybridized carbons (Fsp3) is 0.400. The molecule has 0 saturated heterocycles. The van der Waals surface area contributed by atoms with Crippen molar-refractivity contribution in [3.05, 3.63) is 50.6 Å². The lowest BCUT2D eigenvalue weighted by atomic mass is 10.2. The lowest BCUT2D eigenvalue weighted by Gasteiger charge is -2.14. The quantitative estimate of drug-likeness (QED) is 0.628. The summed E-state index contributed by atoms with van der Waals surface area (Å²) in [5.74, 6) is 1.37. The van der Waals surface area contributed by atoms with Crippen LogP contribution in [0.5, 0.6) is 0 Å². The number of carbonyl (C=O) groups is 1. The molecule has 1 amide bonds. The SMILES string of the molecule is Cc1nc(-c2ccco2)sc1CNC(=O)CC1CSc2nc3c(c(=O)n21)CCC3. The van der Waals surface area contributed by atoms with Crippen molar-refractivity contribution >= 4 is 29.0 Å². The van der Waals surface area contributed by atoms with Crippen molar-refractivity contribution in [2.75, 3.05) is 5.75 Å². The molecule has 150 valence electrons. The third-order valence-electron chi connectivity index (χ3n) is 5.36. The van der Waals surface area contributed by atoms with E-state index in [1.54, 1.807) is 22.6 Å². The van der Waals surface area contributed by atoms with Crippen molar-refractivity contribution in [1.82, 2.24) is 19.9 Å². The molecule has 0 radical (unpaired) electrons. The van der Waals surface area contributed by atoms with E-state index >= 15 is 0 Å². The van der Waals surface area contributed by atoms with Gasteiger partial charge in [-0.15, -0.1) is 11.3 Å². The van der Waals surface area contributed by atoms with Gasteiger partial charge in [0, 0.05) is 22.6 Å². The number of fused-ring (bicyclic) bond motifs is 2. The number of aromatic nitrogens is 3. The Bertz CT molecular complexity index is 1130. The van der Waals surface area contributed by atoms with E-state index < -0.39 is 0 Å². The van der Waals surface area contributed by atoms with Crippen LogP contribution >= 0.6 is 23.1 Å². The van der Waals surface area contributed by atoms with Crippen LogP contribution in [-0.4, -0.2) is 26.2 Å². The molecular formula is C20H20N4O3S2. The minimum Gasteiger partial charge on any atom is -0.462 e. The number of thioether (sulfide) groups is 1. The van der Waals surface area contributed by atoms with Gasteiger partial charge in [0.15, 0.2) is 15.9 Å². The predicted molar refractivity (Wildman–Crippen MR) is 111 cm³/mol. The Balaban J connectivity index is 1.26. The molecule has 9 heteroatoms. The summed E-state index contributed by atoms with van der Waals surface area (Å²) in [4.78, 5) is 35.6. The Morgan fingerprint density at radius 1 is 1.38 bits per heavy atom. The molecule has 1 N–H and O–H groups in total. The molecule has 1 aliphatic heterocycles. The Kier molecular flexibility index (Phi) is 4.79. The Morgan fingerprint density at radius 2 is 2.28 bits per heavy atom. The average Bonchev–Trinajstić information content (AvgIpc) is 3.47. The van der Waals surface area contributed by atoms with Gasteiger partial charge in [0.1, 0.15) is 0 Å². The van der Waals surface area contributed by atoms with E-state index in [-0.39, 0.29) is 23.9 Å². The molecule has 0 bridgehead atoms. The van der Waals surface area contributed by atoms with Gasteiger partial charge in [0.05, 0.1) is 30.2 Å². The van der Waals surface area contributed by atoms with Gasteiger partial charge in [-0.2, -0.15) is 0 Å². The van der Waals surface area contributed by atoms with Crippen LogP contribution in [0.15, 0.2) is 32.8 Å². The van der Waals surface area contributed by atoms with Crippen LogP contribution in [0.4, 0.5) is 0 Å². The van der Waals surface area contributed by atoms with Crippen LogP contribution in [0.25, 0.3) is 10.8 Å². The Labute approximate surface area is 175 Å². The highest BCUT2D eigenvalue weighted by molar-refractivity contribution is 7.99. The normalized spacial score (nSPS) is 17.3. The van der Waals surface area contributed by atoms with E-state index in [4.69, 9.17) is 4.42 Å². The summed E-state index contributed by atoms with van der Waals surface area (Å²) in [6, 6.07) is 3.57. The maximum absolute atomic E-state index is 12.8. The lowest BCUT2D eigenvalue weighted by Crippen LogP contribution is -2.32. The highest BCUT2D eigenvalue weighted by atomic mass is 32.2. The molecule has 0 aromatic carbocycles. The zero-order chi connectivity index (χ0) is 20.0. The third-order valence-corrected chi connectivity index (χ3v) is 7.63. The first-order valence-corrected chi connectivity index (χ1v) is 11.4. The molecule has 29 heavy (non-hydrogen) atoms. The largest absolute Gasteiger partial charge is 0.462 e. The summed E-state index contributed by atoms with van der Waals surface area (Å²) in [7, 11) is 0. The molecule has 3 aromatic heterocycles. The standard InChI is InChI=1S/C20H20N4O3S2/c1-11-16(29-18(22-11)15-6-3-7-27-15)9-21-17(25)8-12-10-28-20-23-14-5-2-4-13(14)19(26)24(12)20/h3,6-7,12H,2,4-5,8-10H2,1H3,(H,21,25). The summed E-state index contributed by atoms with van der Waals surface area (Å²) in [6.45, 7) is 2.35. The van der Waals surface area contributed by atoms with E-state index in [9.17, 15) is 9.59 Å². The van der Waals surface area contributed by atoms with E-state index in [1.807, 2.05) is 19.1 Å². The fourth-order valence-electron chi connectivity index (χ4n) is 3.87. The summed E-state index contributed by atoms with van der Waals surface area (Å²) < 4.78 is 7.14. The van der Waals surface area contributed by atoms with Crippen molar-refractivity contribution in [3.8, 4) is 10.8 Å². The second kappa shape index (κ2) is 7.46. The summed E-state index contributed by atoms with van der Waals surface area (Å²) in [5, 5.41) is 4.55. The van der Waals surface area contributed by atoms with Crippen LogP contribution < -0.4 is 10.9 Å². The van der Waals surface area contributed by atoms with Crippen molar-refractivity contribution < 1.29 is 9.21 Å². The van der Waals surface area contributed by atoms with Gasteiger partial charge in [-0.05, 0) is 38.3 Å². The lowest BCUT2D eigenvalue weighted by molar-refractivity contribution is -0.121. The zero-order valence-electron chi connectivity index (χ0n) is 15.9. The first-order chi connectivity index (χ1) is 14.1. The van der Waals surface area contributed by atoms with Crippen LogP contribution in [0, 0.1) is 6.92 Å². The topological polar surface area (TPSA) is 90.0 Å². The average molecular weight is 429 g/mol. The van der Waals surface area contributed by atoms with Gasteiger partial charge in [-0.1, -0.05) is 11.8 Å². The van der Waals surface area contributed by atoms with Gasteiger partial charge in [-0.25, -0.2) is 9.97 Å². The maximum Gasteiger partial charge on any atom is 0.257 e. The summed E-state index contributed by atoms with van der Waals surface area (Å²) in [5.41, 5.74) is 2.73. The molecule has 1 aliphatic carbocycles. The molecular weight excluding hydrogens is 408 g/mol. The molecule has 1 atom stereocenters. The smallest absolute Gasteiger partial charge is 0.257 e. The predicted octanol–water partition coefficient (Wildman–Crippen LogP) is 3.11. The molecule has 0 spiro atoms. The number of rotatable bonds is 5. The number of carbonyl (C=O) groups excluding carboxylic acids is 1. The van der Waals surface area contributed by atoms with Crippen molar-refractivity contribution in [1.29, 1.82) is 0 Å². The number of hydrogen-bond acceptors (Lipinski definition) is 7. The molecule has 0 saturated carbocycles. The second-order valence-corrected chi connectivity index (χ2v) is 9.37. The molecule has 1 unspecified atom stereocenters. The van der Waals surface area contributed by atoms with Crippen LogP contribution in [0.2, 0.25) is 0 Å². The van der Waals surface area contributed by atoms with E-state index in [1.165, 1.54) is 11.3 Å². The van der Waals surface area contributed by atoms with Crippen molar-refractivity contribution in [3.63, 3.8) is 0 Å². The molecule has 4 heterocycles. The van der Waals surface area contributed by atoms with E-state index in [2.05, 4.69) is 15.3 Å². The summed E-state index contributed by atoms with van der Waals surface area (Å²) in [6.07, 6.45) is 4.58. The molecule has 7 nitrogen and oxygen atoms in total. The van der Waals surface area contributed by atoms with Gasteiger partial charge in [0.25, 0.3) is 5.56 Å². The second-order valence-electron chi connectivity index (χ2n) is 7.30. The van der Waals surface area contributed by atoms with E-state index in [0.717, 1.165) is 57.0 Å². The minimum absolute atomic E-state index is 0.0479. The van der Waals surface area contributed by atoms with Crippen molar-refractivity contribution in [2.24, 2.45) is 0 Å². The van der Waals surface area contributed by atoms with Gasteiger partial charge < -0.3 is 9.73 Å². The number of amides is 1. The van der Waals surface area contributed by atoms with Crippen molar-refractivity contribution in [2.45, 2.75) is 50.4 Å². The maximum atomic E-state index is 12.8. The van der Waals surface area contributed by atoms with Crippen LogP contribution in [0.1, 0.15) is 40.7 Å². The fourth-order valence-corrected chi connectivity index (χ4v) is 5.99. The highest BCUT2D eigenvalue weighted by Gasteiger charge is 2.31. The summed E-state index contributed by atoms with van der Waals surface area (Å²) >= 11 is 3.09. The molecule has 3 aromatic rings. The molecule has 5 rings (SSSR count). The van der Waals surface area contributed by atoms with Crippen LogP contribution in [0.3, 0.4) is 0 Å². The zero-order valence-corrected chi connectivity index (χ0v) is 17.6. The first kappa shape index (κ1) is 18.6. The number of nitrogens with zero attached hydrogens (tertiary/aromatic N) is 3. The minimum atomic E-state index is -0.137. The van der Waals surface area contributed by atoms with Gasteiger partial charge in [-0.3, -0.25) is 14.2 Å². The number of aryl methyl sites for hydroxylation is 2. The third kappa shape index (κ3) is 3.42. The first-order valence-electron chi connectivity index (χ1n) is 9.64. The van der Waals surface area contributed by atoms with Crippen LogP contribution in [-0.2, 0) is 24.2 Å². The highest BCUT2D eigenvalue weighted by Crippen LogP contribution is 2.34. The monoisotopic (exact) mass is 428 g/mol. The van der Waals surface area contributed by atoms with Gasteiger partial charge >= 0.3 is 0 Å². The Morgan fingerprint density at radius 3 is 3.10 bits per heavy atom. The number of thiazole rings is 1. The number of furan rings is 1. The number of nitrogens with one attached hydrogen (secondary N) is 1. The Hall–Kier alpha value is -2.39. The van der Waals surface area contributed by atoms with E-state index in [0.29, 0.717) is 12.3 Å². The molecule has 2 aliphatic rings. The van der Waals surface area contributed by atoms with Gasteiger partial charge in [0.2, 0.25) is 5.91 Å². The number of hydrogen-bond donors (Lipinski definition) is 1.